The molecule has 0 saturated heterocycles. The van der Waals surface area contributed by atoms with E-state index in [0.717, 1.165) is 32.1 Å². The third-order valence-electron chi connectivity index (χ3n) is 3.01. The Labute approximate surface area is 104 Å². The number of hydrogen-bond acceptors (Lipinski definition) is 1. The van der Waals surface area contributed by atoms with Crippen LogP contribution < -0.4 is 0 Å². The van der Waals surface area contributed by atoms with Crippen LogP contribution in [-0.2, 0) is 4.79 Å². The molecule has 17 heavy (non-hydrogen) atoms. The molecular formula is C11H17ClF3NO. The standard InChI is InChI=1S/C11H17ClF3NO/c12-6-7-16(9-4-2-1-3-5-9)10(17)8-11(13,14)15/h9H,1-8H2. The number of carbonyl (C=O) groups excluding carboxylic acids is 1. The minimum absolute atomic E-state index is 0.0580. The van der Waals surface area contributed by atoms with Crippen LogP contribution in [-0.4, -0.2) is 35.4 Å². The minimum Gasteiger partial charge on any atom is -0.338 e. The molecule has 0 aromatic carbocycles. The summed E-state index contributed by atoms with van der Waals surface area (Å²) in [7, 11) is 0. The van der Waals surface area contributed by atoms with Crippen molar-refractivity contribution in [2.24, 2.45) is 0 Å². The van der Waals surface area contributed by atoms with E-state index >= 15 is 0 Å². The van der Waals surface area contributed by atoms with Crippen LogP contribution in [0, 0.1) is 0 Å². The third kappa shape index (κ3) is 5.15. The Morgan fingerprint density at radius 2 is 1.82 bits per heavy atom. The highest BCUT2D eigenvalue weighted by atomic mass is 35.5. The van der Waals surface area contributed by atoms with Gasteiger partial charge in [-0.25, -0.2) is 0 Å². The van der Waals surface area contributed by atoms with Gasteiger partial charge in [-0.1, -0.05) is 19.3 Å². The molecule has 1 amide bonds. The summed E-state index contributed by atoms with van der Waals surface area (Å²) in [5, 5.41) is 0. The summed E-state index contributed by atoms with van der Waals surface area (Å²) in [5.41, 5.74) is 0. The summed E-state index contributed by atoms with van der Waals surface area (Å²) in [6.07, 6.45) is -1.18. The Balaban J connectivity index is 2.60. The van der Waals surface area contributed by atoms with E-state index in [-0.39, 0.29) is 18.5 Å². The topological polar surface area (TPSA) is 20.3 Å². The molecule has 0 radical (unpaired) electrons. The molecule has 1 saturated carbocycles. The molecule has 1 fully saturated rings. The summed E-state index contributed by atoms with van der Waals surface area (Å²) in [6.45, 7) is 0.209. The van der Waals surface area contributed by atoms with Crippen LogP contribution in [0.3, 0.4) is 0 Å². The van der Waals surface area contributed by atoms with Crippen LogP contribution in [0.15, 0.2) is 0 Å². The van der Waals surface area contributed by atoms with Gasteiger partial charge in [0, 0.05) is 18.5 Å². The zero-order chi connectivity index (χ0) is 12.9. The SMILES string of the molecule is O=C(CC(F)(F)F)N(CCCl)C1CCCCC1. The lowest BCUT2D eigenvalue weighted by atomic mass is 9.94. The molecule has 0 unspecified atom stereocenters. The quantitative estimate of drug-likeness (QED) is 0.718. The first kappa shape index (κ1) is 14.6. The van der Waals surface area contributed by atoms with Crippen molar-refractivity contribution in [3.8, 4) is 0 Å². The second-order valence-electron chi connectivity index (χ2n) is 4.36. The van der Waals surface area contributed by atoms with Crippen molar-refractivity contribution in [2.45, 2.75) is 50.7 Å². The molecule has 1 rings (SSSR count). The van der Waals surface area contributed by atoms with E-state index in [1.807, 2.05) is 0 Å². The lowest BCUT2D eigenvalue weighted by Gasteiger charge is -2.34. The number of amides is 1. The highest BCUT2D eigenvalue weighted by Gasteiger charge is 2.35. The van der Waals surface area contributed by atoms with Gasteiger partial charge in [0.15, 0.2) is 0 Å². The molecule has 0 aliphatic heterocycles. The zero-order valence-corrected chi connectivity index (χ0v) is 10.4. The Bertz CT molecular complexity index is 252. The number of nitrogens with zero attached hydrogens (tertiary/aromatic N) is 1. The van der Waals surface area contributed by atoms with Crippen LogP contribution in [0.5, 0.6) is 0 Å². The molecule has 1 aliphatic carbocycles. The summed E-state index contributed by atoms with van der Waals surface area (Å²) < 4.78 is 36.6. The van der Waals surface area contributed by atoms with Gasteiger partial charge in [-0.3, -0.25) is 4.79 Å². The molecule has 0 aromatic rings. The monoisotopic (exact) mass is 271 g/mol. The van der Waals surface area contributed by atoms with Gasteiger partial charge in [0.1, 0.15) is 6.42 Å². The van der Waals surface area contributed by atoms with Gasteiger partial charge in [-0.05, 0) is 12.8 Å². The van der Waals surface area contributed by atoms with E-state index in [0.29, 0.717) is 0 Å². The van der Waals surface area contributed by atoms with Gasteiger partial charge in [0.2, 0.25) is 5.91 Å². The van der Waals surface area contributed by atoms with E-state index in [4.69, 9.17) is 11.6 Å². The predicted octanol–water partition coefficient (Wildman–Crippen LogP) is 3.34. The average Bonchev–Trinajstić information content (AvgIpc) is 2.24. The van der Waals surface area contributed by atoms with Gasteiger partial charge in [-0.15, -0.1) is 11.6 Å². The van der Waals surface area contributed by atoms with Crippen LogP contribution in [0.1, 0.15) is 38.5 Å². The molecule has 100 valence electrons. The van der Waals surface area contributed by atoms with E-state index in [9.17, 15) is 18.0 Å². The molecule has 0 N–H and O–H groups in total. The second-order valence-corrected chi connectivity index (χ2v) is 4.74. The fourth-order valence-corrected chi connectivity index (χ4v) is 2.45. The first-order valence-electron chi connectivity index (χ1n) is 5.86. The van der Waals surface area contributed by atoms with E-state index in [1.165, 1.54) is 4.90 Å². The Morgan fingerprint density at radius 3 is 2.29 bits per heavy atom. The van der Waals surface area contributed by atoms with Crippen molar-refractivity contribution in [1.82, 2.24) is 4.90 Å². The molecule has 0 aromatic heterocycles. The smallest absolute Gasteiger partial charge is 0.338 e. The van der Waals surface area contributed by atoms with Crippen molar-refractivity contribution in [2.75, 3.05) is 12.4 Å². The van der Waals surface area contributed by atoms with E-state index < -0.39 is 18.5 Å². The van der Waals surface area contributed by atoms with E-state index in [1.54, 1.807) is 0 Å². The highest BCUT2D eigenvalue weighted by molar-refractivity contribution is 6.18. The van der Waals surface area contributed by atoms with Crippen molar-refractivity contribution in [3.63, 3.8) is 0 Å². The number of alkyl halides is 4. The number of rotatable bonds is 4. The van der Waals surface area contributed by atoms with Gasteiger partial charge >= 0.3 is 6.18 Å². The number of hydrogen-bond donors (Lipinski definition) is 0. The Kier molecular flexibility index (Phi) is 5.56. The second kappa shape index (κ2) is 6.47. The fourth-order valence-electron chi connectivity index (χ4n) is 2.27. The molecule has 0 heterocycles. The maximum Gasteiger partial charge on any atom is 0.397 e. The van der Waals surface area contributed by atoms with Crippen LogP contribution in [0.25, 0.3) is 0 Å². The fraction of sp³-hybridized carbons (Fsp3) is 0.909. The van der Waals surface area contributed by atoms with Crippen LogP contribution in [0.4, 0.5) is 13.2 Å². The molecule has 6 heteroatoms. The Hall–Kier alpha value is -0.450. The maximum absolute atomic E-state index is 12.2. The molecule has 0 bridgehead atoms. The minimum atomic E-state index is -4.43. The highest BCUT2D eigenvalue weighted by Crippen LogP contribution is 2.26. The van der Waals surface area contributed by atoms with Gasteiger partial charge in [0.25, 0.3) is 0 Å². The first-order chi connectivity index (χ1) is 7.94. The van der Waals surface area contributed by atoms with Crippen LogP contribution >= 0.6 is 11.6 Å². The first-order valence-corrected chi connectivity index (χ1v) is 6.39. The van der Waals surface area contributed by atoms with Crippen molar-refractivity contribution in [3.05, 3.63) is 0 Å². The number of halogens is 4. The largest absolute Gasteiger partial charge is 0.397 e. The predicted molar refractivity (Wildman–Crippen MR) is 60.0 cm³/mol. The van der Waals surface area contributed by atoms with Gasteiger partial charge in [-0.2, -0.15) is 13.2 Å². The van der Waals surface area contributed by atoms with Gasteiger partial charge in [0.05, 0.1) is 0 Å². The zero-order valence-electron chi connectivity index (χ0n) is 9.60. The summed E-state index contributed by atoms with van der Waals surface area (Å²) >= 11 is 5.56. The summed E-state index contributed by atoms with van der Waals surface area (Å²) in [5.74, 6) is -0.662. The summed E-state index contributed by atoms with van der Waals surface area (Å²) in [4.78, 5) is 12.9. The average molecular weight is 272 g/mol. The third-order valence-corrected chi connectivity index (χ3v) is 3.18. The lowest BCUT2D eigenvalue weighted by Crippen LogP contribution is -2.44. The Morgan fingerprint density at radius 1 is 1.24 bits per heavy atom. The van der Waals surface area contributed by atoms with Gasteiger partial charge < -0.3 is 4.90 Å². The van der Waals surface area contributed by atoms with Crippen molar-refractivity contribution >= 4 is 17.5 Å². The van der Waals surface area contributed by atoms with E-state index in [2.05, 4.69) is 0 Å². The van der Waals surface area contributed by atoms with Crippen molar-refractivity contribution in [1.29, 1.82) is 0 Å². The molecule has 2 nitrogen and oxygen atoms in total. The number of carbonyl (C=O) groups is 1. The lowest BCUT2D eigenvalue weighted by molar-refractivity contribution is -0.163. The molecule has 1 aliphatic rings. The van der Waals surface area contributed by atoms with Crippen molar-refractivity contribution < 1.29 is 18.0 Å². The van der Waals surface area contributed by atoms with Crippen LogP contribution in [0.2, 0.25) is 0 Å². The molecular weight excluding hydrogens is 255 g/mol. The molecule has 0 spiro atoms. The molecule has 0 atom stereocenters. The normalized spacial score (nSPS) is 18.1. The summed E-state index contributed by atoms with van der Waals surface area (Å²) in [6, 6.07) is -0.0580. The maximum atomic E-state index is 12.2.